The Morgan fingerprint density at radius 2 is 1.83 bits per heavy atom. The van der Waals surface area contributed by atoms with Crippen LogP contribution in [-0.4, -0.2) is 40.0 Å². The van der Waals surface area contributed by atoms with Crippen LogP contribution in [0, 0.1) is 5.92 Å². The zero-order chi connectivity index (χ0) is 17.1. The van der Waals surface area contributed by atoms with E-state index >= 15 is 0 Å². The molecule has 0 aliphatic carbocycles. The number of carbonyl (C=O) groups is 1. The number of thiocarbonyl (C=S) groups is 1. The molecule has 2 aliphatic heterocycles. The lowest BCUT2D eigenvalue weighted by atomic mass is 10.0. The number of likely N-dealkylation sites (tertiary alicyclic amines) is 1. The van der Waals surface area contributed by atoms with Crippen LogP contribution in [0.3, 0.4) is 0 Å². The molecule has 0 bridgehead atoms. The van der Waals surface area contributed by atoms with Gasteiger partial charge in [-0.2, -0.15) is 0 Å². The molecule has 1 aromatic carbocycles. The average molecular weight is 363 g/mol. The van der Waals surface area contributed by atoms with Crippen LogP contribution >= 0.6 is 24.0 Å². The number of hydrogen-bond acceptors (Lipinski definition) is 3. The number of anilines is 1. The third-order valence-corrected chi connectivity index (χ3v) is 6.82. The molecule has 0 radical (unpaired) electrons. The van der Waals surface area contributed by atoms with E-state index in [1.807, 2.05) is 11.0 Å². The van der Waals surface area contributed by atoms with Crippen molar-refractivity contribution in [3.8, 4) is 0 Å². The molecule has 3 rings (SSSR count). The summed E-state index contributed by atoms with van der Waals surface area (Å²) in [4.78, 5) is 17.5. The van der Waals surface area contributed by atoms with Crippen molar-refractivity contribution in [1.82, 2.24) is 4.90 Å². The van der Waals surface area contributed by atoms with Crippen molar-refractivity contribution < 1.29 is 4.79 Å². The molecule has 1 atom stereocenters. The summed E-state index contributed by atoms with van der Waals surface area (Å²) in [5, 5.41) is -0.107. The van der Waals surface area contributed by atoms with Gasteiger partial charge in [-0.3, -0.25) is 4.79 Å². The summed E-state index contributed by atoms with van der Waals surface area (Å²) in [7, 11) is 0. The Labute approximate surface area is 154 Å². The van der Waals surface area contributed by atoms with Gasteiger partial charge in [0.1, 0.15) is 4.32 Å². The maximum atomic E-state index is 13.3. The number of nitrogens with zero attached hydrogens (tertiary/aromatic N) is 2. The van der Waals surface area contributed by atoms with E-state index < -0.39 is 0 Å². The van der Waals surface area contributed by atoms with Crippen molar-refractivity contribution in [2.75, 3.05) is 24.5 Å². The summed E-state index contributed by atoms with van der Waals surface area (Å²) in [6.45, 7) is 7.14. The van der Waals surface area contributed by atoms with Crippen LogP contribution in [0.4, 0.5) is 5.69 Å². The Bertz CT molecular complexity index is 611. The molecule has 24 heavy (non-hydrogen) atoms. The molecular weight excluding hydrogens is 336 g/mol. The number of benzene rings is 1. The maximum Gasteiger partial charge on any atom is 0.240 e. The number of thioether (sulfide) groups is 1. The van der Waals surface area contributed by atoms with Crippen LogP contribution in [0.5, 0.6) is 0 Å². The van der Waals surface area contributed by atoms with E-state index in [-0.39, 0.29) is 17.1 Å². The smallest absolute Gasteiger partial charge is 0.240 e. The van der Waals surface area contributed by atoms with E-state index in [1.54, 1.807) is 11.8 Å². The van der Waals surface area contributed by atoms with E-state index in [0.717, 1.165) is 42.5 Å². The highest BCUT2D eigenvalue weighted by atomic mass is 32.2. The van der Waals surface area contributed by atoms with Crippen molar-refractivity contribution in [3.05, 3.63) is 29.8 Å². The number of aryl methyl sites for hydroxylation is 1. The Hall–Kier alpha value is -1.07. The molecule has 0 unspecified atom stereocenters. The van der Waals surface area contributed by atoms with E-state index in [2.05, 4.69) is 36.9 Å². The number of para-hydroxylation sites is 1. The third-order valence-electron chi connectivity index (χ3n) is 4.82. The number of fused-ring (bicyclic) bond motifs is 1. The Morgan fingerprint density at radius 3 is 2.54 bits per heavy atom. The molecule has 1 saturated heterocycles. The molecular formula is C19H26N2OS2. The fourth-order valence-corrected chi connectivity index (χ4v) is 5.01. The lowest BCUT2D eigenvalue weighted by Gasteiger charge is -2.34. The second-order valence-corrected chi connectivity index (χ2v) is 8.74. The quantitative estimate of drug-likeness (QED) is 0.755. The highest BCUT2D eigenvalue weighted by molar-refractivity contribution is 8.23. The summed E-state index contributed by atoms with van der Waals surface area (Å²) in [6.07, 6.45) is 4.52. The van der Waals surface area contributed by atoms with Crippen molar-refractivity contribution in [3.63, 3.8) is 0 Å². The highest BCUT2D eigenvalue weighted by Crippen LogP contribution is 2.32. The standard InChI is InChI=1S/C19H26N2OS2/c1-14(2)17(24-19(23)20-11-5-6-12-20)18(22)21-13-7-9-15-8-3-4-10-16(15)21/h3-4,8,10,14,17H,5-7,9,11-13H2,1-2H3/t17-/m1/s1. The first-order valence-corrected chi connectivity index (χ1v) is 10.2. The summed E-state index contributed by atoms with van der Waals surface area (Å²) in [6, 6.07) is 8.30. The van der Waals surface area contributed by atoms with Gasteiger partial charge in [-0.1, -0.05) is 56.0 Å². The first-order chi connectivity index (χ1) is 11.6. The minimum atomic E-state index is -0.107. The monoisotopic (exact) mass is 362 g/mol. The van der Waals surface area contributed by atoms with E-state index in [1.165, 1.54) is 18.4 Å². The second-order valence-electron chi connectivity index (χ2n) is 6.96. The van der Waals surface area contributed by atoms with Gasteiger partial charge in [-0.15, -0.1) is 0 Å². The molecule has 0 saturated carbocycles. The SMILES string of the molecule is CC(C)[C@@H](SC(=S)N1CCCC1)C(=O)N1CCCc2ccccc21. The van der Waals surface area contributed by atoms with Crippen LogP contribution in [0.15, 0.2) is 24.3 Å². The van der Waals surface area contributed by atoms with Gasteiger partial charge in [0.05, 0.1) is 5.25 Å². The molecule has 0 spiro atoms. The topological polar surface area (TPSA) is 23.6 Å². The van der Waals surface area contributed by atoms with Crippen molar-refractivity contribution in [2.24, 2.45) is 5.92 Å². The molecule has 1 aromatic rings. The highest BCUT2D eigenvalue weighted by Gasteiger charge is 2.33. The van der Waals surface area contributed by atoms with E-state index in [0.29, 0.717) is 0 Å². The largest absolute Gasteiger partial charge is 0.358 e. The molecule has 1 fully saturated rings. The lowest BCUT2D eigenvalue weighted by molar-refractivity contribution is -0.118. The van der Waals surface area contributed by atoms with E-state index in [4.69, 9.17) is 12.2 Å². The first kappa shape index (κ1) is 17.7. The molecule has 0 N–H and O–H groups in total. The predicted molar refractivity (Wildman–Crippen MR) is 107 cm³/mol. The Balaban J connectivity index is 1.76. The molecule has 3 nitrogen and oxygen atoms in total. The van der Waals surface area contributed by atoms with Gasteiger partial charge in [-0.25, -0.2) is 0 Å². The Kier molecular flexibility index (Phi) is 5.82. The van der Waals surface area contributed by atoms with Gasteiger partial charge in [0.15, 0.2) is 0 Å². The number of amides is 1. The predicted octanol–water partition coefficient (Wildman–Crippen LogP) is 4.10. The summed E-state index contributed by atoms with van der Waals surface area (Å²) in [5.74, 6) is 0.473. The van der Waals surface area contributed by atoms with Gasteiger partial charge in [0.2, 0.25) is 5.91 Å². The summed E-state index contributed by atoms with van der Waals surface area (Å²) >= 11 is 7.22. The zero-order valence-electron chi connectivity index (χ0n) is 14.5. The van der Waals surface area contributed by atoms with Crippen LogP contribution < -0.4 is 4.90 Å². The first-order valence-electron chi connectivity index (χ1n) is 8.93. The Morgan fingerprint density at radius 1 is 1.12 bits per heavy atom. The van der Waals surface area contributed by atoms with Gasteiger partial charge >= 0.3 is 0 Å². The fraction of sp³-hybridized carbons (Fsp3) is 0.579. The molecule has 2 heterocycles. The third kappa shape index (κ3) is 3.77. The normalized spacial score (nSPS) is 18.6. The van der Waals surface area contributed by atoms with Crippen LogP contribution in [0.1, 0.15) is 38.7 Å². The molecule has 2 aliphatic rings. The van der Waals surface area contributed by atoms with Gasteiger partial charge < -0.3 is 9.80 Å². The fourth-order valence-electron chi connectivity index (χ4n) is 3.47. The van der Waals surface area contributed by atoms with Gasteiger partial charge in [0.25, 0.3) is 0 Å². The summed E-state index contributed by atoms with van der Waals surface area (Å²) in [5.41, 5.74) is 2.37. The molecule has 1 amide bonds. The number of carbonyl (C=O) groups excluding carboxylic acids is 1. The van der Waals surface area contributed by atoms with E-state index in [9.17, 15) is 4.79 Å². The second kappa shape index (κ2) is 7.87. The number of rotatable bonds is 3. The number of hydrogen-bond donors (Lipinski definition) is 0. The van der Waals surface area contributed by atoms with Gasteiger partial charge in [-0.05, 0) is 43.2 Å². The molecule has 130 valence electrons. The molecule has 5 heteroatoms. The van der Waals surface area contributed by atoms with Gasteiger partial charge in [0, 0.05) is 25.3 Å². The minimum Gasteiger partial charge on any atom is -0.358 e. The lowest BCUT2D eigenvalue weighted by Crippen LogP contribution is -2.44. The maximum absolute atomic E-state index is 13.3. The van der Waals surface area contributed by atoms with Crippen molar-refractivity contribution >= 4 is 39.9 Å². The average Bonchev–Trinajstić information content (AvgIpc) is 3.13. The minimum absolute atomic E-state index is 0.107. The van der Waals surface area contributed by atoms with Crippen LogP contribution in [0.25, 0.3) is 0 Å². The van der Waals surface area contributed by atoms with Crippen LogP contribution in [-0.2, 0) is 11.2 Å². The zero-order valence-corrected chi connectivity index (χ0v) is 16.2. The summed E-state index contributed by atoms with van der Waals surface area (Å²) < 4.78 is 0.893. The van der Waals surface area contributed by atoms with Crippen molar-refractivity contribution in [2.45, 2.75) is 44.8 Å². The van der Waals surface area contributed by atoms with Crippen molar-refractivity contribution in [1.29, 1.82) is 0 Å². The van der Waals surface area contributed by atoms with Crippen LogP contribution in [0.2, 0.25) is 0 Å². The molecule has 0 aromatic heterocycles.